The van der Waals surface area contributed by atoms with Gasteiger partial charge in [0, 0.05) is 30.9 Å². The van der Waals surface area contributed by atoms with Gasteiger partial charge in [0.05, 0.1) is 16.5 Å². The number of benzene rings is 3. The molecular weight excluding hydrogens is 535 g/mol. The van der Waals surface area contributed by atoms with E-state index in [4.69, 9.17) is 16.3 Å². The minimum Gasteiger partial charge on any atom is -0.484 e. The number of hydrogen-bond acceptors (Lipinski definition) is 4. The molecule has 1 saturated heterocycles. The van der Waals surface area contributed by atoms with E-state index in [-0.39, 0.29) is 30.5 Å². The number of aryl methyl sites for hydroxylation is 1. The van der Waals surface area contributed by atoms with Gasteiger partial charge in [0.2, 0.25) is 11.8 Å². The number of alkyl halides is 3. The number of anilines is 2. The van der Waals surface area contributed by atoms with Crippen LogP contribution in [0.3, 0.4) is 0 Å². The highest BCUT2D eigenvalue weighted by Gasteiger charge is 2.35. The zero-order valence-corrected chi connectivity index (χ0v) is 21.6. The van der Waals surface area contributed by atoms with Crippen LogP contribution >= 0.6 is 11.6 Å². The van der Waals surface area contributed by atoms with Crippen molar-refractivity contribution in [1.29, 1.82) is 0 Å². The number of halogens is 4. The predicted molar refractivity (Wildman–Crippen MR) is 141 cm³/mol. The van der Waals surface area contributed by atoms with Crippen LogP contribution in [0.15, 0.2) is 66.7 Å². The third-order valence-electron chi connectivity index (χ3n) is 6.16. The first-order valence-corrected chi connectivity index (χ1v) is 12.4. The van der Waals surface area contributed by atoms with Crippen molar-refractivity contribution in [3.8, 4) is 5.75 Å². The maximum atomic E-state index is 13.0. The Morgan fingerprint density at radius 1 is 1.05 bits per heavy atom. The summed E-state index contributed by atoms with van der Waals surface area (Å²) in [6.07, 6.45) is -4.56. The van der Waals surface area contributed by atoms with E-state index in [1.54, 1.807) is 24.3 Å². The lowest BCUT2D eigenvalue weighted by Crippen LogP contribution is -2.32. The van der Waals surface area contributed by atoms with Crippen molar-refractivity contribution in [2.45, 2.75) is 26.1 Å². The van der Waals surface area contributed by atoms with Crippen LogP contribution in [0.5, 0.6) is 5.75 Å². The molecule has 0 bridgehead atoms. The molecular formula is C28H25ClF3N3O4. The molecule has 0 unspecified atom stereocenters. The summed E-state index contributed by atoms with van der Waals surface area (Å²) in [5, 5.41) is 4.75. The molecule has 3 amide bonds. The molecule has 0 aliphatic carbocycles. The van der Waals surface area contributed by atoms with Gasteiger partial charge >= 0.3 is 6.18 Å². The number of ether oxygens (including phenoxy) is 1. The Hall–Kier alpha value is -4.05. The number of rotatable bonds is 8. The van der Waals surface area contributed by atoms with Crippen molar-refractivity contribution in [1.82, 2.24) is 5.32 Å². The van der Waals surface area contributed by atoms with Gasteiger partial charge in [-0.3, -0.25) is 14.4 Å². The van der Waals surface area contributed by atoms with Crippen LogP contribution in [0.2, 0.25) is 5.02 Å². The summed E-state index contributed by atoms with van der Waals surface area (Å²) in [7, 11) is 0. The molecule has 1 aliphatic heterocycles. The van der Waals surface area contributed by atoms with Gasteiger partial charge in [0.15, 0.2) is 6.61 Å². The number of nitrogens with zero attached hydrogens (tertiary/aromatic N) is 1. The lowest BCUT2D eigenvalue weighted by atomic mass is 10.1. The van der Waals surface area contributed by atoms with Crippen molar-refractivity contribution in [3.63, 3.8) is 0 Å². The van der Waals surface area contributed by atoms with E-state index < -0.39 is 35.2 Å². The van der Waals surface area contributed by atoms with E-state index in [1.165, 1.54) is 11.0 Å². The fraction of sp³-hybridized carbons (Fsp3) is 0.250. The highest BCUT2D eigenvalue weighted by molar-refractivity contribution is 6.31. The second-order valence-electron chi connectivity index (χ2n) is 9.13. The fourth-order valence-corrected chi connectivity index (χ4v) is 4.29. The van der Waals surface area contributed by atoms with Crippen LogP contribution in [0.1, 0.15) is 23.1 Å². The first-order chi connectivity index (χ1) is 18.5. The SMILES string of the molecule is Cc1ccc(CNC(=O)[C@H]2CC(=O)N(c3ccc(OCC(=O)Nc4ccc(Cl)c(C(F)(F)F)c4)cc3)C2)cc1. The Balaban J connectivity index is 1.27. The highest BCUT2D eigenvalue weighted by atomic mass is 35.5. The molecule has 3 aromatic carbocycles. The van der Waals surface area contributed by atoms with Crippen LogP contribution in [-0.4, -0.2) is 30.9 Å². The molecule has 1 heterocycles. The summed E-state index contributed by atoms with van der Waals surface area (Å²) in [6.45, 7) is 2.15. The van der Waals surface area contributed by atoms with Gasteiger partial charge in [-0.25, -0.2) is 0 Å². The molecule has 204 valence electrons. The summed E-state index contributed by atoms with van der Waals surface area (Å²) in [5.41, 5.74) is 1.55. The number of hydrogen-bond donors (Lipinski definition) is 2. The molecule has 0 aromatic heterocycles. The molecule has 0 radical (unpaired) electrons. The van der Waals surface area contributed by atoms with Crippen molar-refractivity contribution in [2.75, 3.05) is 23.4 Å². The Bertz CT molecular complexity index is 1360. The topological polar surface area (TPSA) is 87.7 Å². The van der Waals surface area contributed by atoms with Gasteiger partial charge in [0.1, 0.15) is 5.75 Å². The van der Waals surface area contributed by atoms with E-state index in [9.17, 15) is 27.6 Å². The van der Waals surface area contributed by atoms with Crippen molar-refractivity contribution >= 4 is 40.7 Å². The first kappa shape index (κ1) is 28.0. The zero-order chi connectivity index (χ0) is 28.2. The standard InChI is InChI=1S/C28H25ClF3N3O4/c1-17-2-4-18(5-3-17)14-33-27(38)19-12-26(37)35(15-19)21-7-9-22(10-8-21)39-16-25(36)34-20-6-11-24(29)23(13-20)28(30,31)32/h2-11,13,19H,12,14-16H2,1H3,(H,33,38)(H,34,36)/t19-/m0/s1. The van der Waals surface area contributed by atoms with Gasteiger partial charge in [0.25, 0.3) is 5.91 Å². The van der Waals surface area contributed by atoms with Crippen LogP contribution in [0.25, 0.3) is 0 Å². The van der Waals surface area contributed by atoms with Gasteiger partial charge in [-0.05, 0) is 55.0 Å². The van der Waals surface area contributed by atoms with Crippen LogP contribution < -0.4 is 20.3 Å². The third-order valence-corrected chi connectivity index (χ3v) is 6.49. The fourth-order valence-electron chi connectivity index (χ4n) is 4.06. The Labute approximate surface area is 227 Å². The van der Waals surface area contributed by atoms with E-state index in [0.29, 0.717) is 18.0 Å². The summed E-state index contributed by atoms with van der Waals surface area (Å²) < 4.78 is 44.4. The number of carbonyl (C=O) groups excluding carboxylic acids is 3. The predicted octanol–water partition coefficient (Wildman–Crippen LogP) is 5.35. The minimum atomic E-state index is -4.65. The third kappa shape index (κ3) is 7.29. The Kier molecular flexibility index (Phi) is 8.44. The monoisotopic (exact) mass is 559 g/mol. The molecule has 1 fully saturated rings. The summed E-state index contributed by atoms with van der Waals surface area (Å²) >= 11 is 5.59. The highest BCUT2D eigenvalue weighted by Crippen LogP contribution is 2.36. The Morgan fingerprint density at radius 2 is 1.74 bits per heavy atom. The number of nitrogens with one attached hydrogen (secondary N) is 2. The molecule has 2 N–H and O–H groups in total. The normalized spacial score (nSPS) is 15.3. The maximum absolute atomic E-state index is 13.0. The van der Waals surface area contributed by atoms with E-state index in [0.717, 1.165) is 23.3 Å². The molecule has 3 aromatic rings. The van der Waals surface area contributed by atoms with Gasteiger partial charge in [-0.2, -0.15) is 13.2 Å². The van der Waals surface area contributed by atoms with Crippen LogP contribution in [-0.2, 0) is 27.1 Å². The summed E-state index contributed by atoms with van der Waals surface area (Å²) in [4.78, 5) is 38.9. The number of amides is 3. The summed E-state index contributed by atoms with van der Waals surface area (Å²) in [5.74, 6) is -1.20. The molecule has 0 spiro atoms. The summed E-state index contributed by atoms with van der Waals surface area (Å²) in [6, 6.07) is 17.3. The van der Waals surface area contributed by atoms with Crippen molar-refractivity contribution in [2.24, 2.45) is 5.92 Å². The second kappa shape index (κ2) is 11.8. The lowest BCUT2D eigenvalue weighted by Gasteiger charge is -2.17. The Morgan fingerprint density at radius 3 is 2.41 bits per heavy atom. The quantitative estimate of drug-likeness (QED) is 0.389. The van der Waals surface area contributed by atoms with E-state index >= 15 is 0 Å². The zero-order valence-electron chi connectivity index (χ0n) is 20.8. The smallest absolute Gasteiger partial charge is 0.417 e. The lowest BCUT2D eigenvalue weighted by molar-refractivity contribution is -0.137. The molecule has 1 aliphatic rings. The molecule has 39 heavy (non-hydrogen) atoms. The average Bonchev–Trinajstić information content (AvgIpc) is 3.29. The average molecular weight is 560 g/mol. The first-order valence-electron chi connectivity index (χ1n) is 12.0. The minimum absolute atomic E-state index is 0.0688. The molecule has 0 saturated carbocycles. The number of carbonyl (C=O) groups is 3. The van der Waals surface area contributed by atoms with Gasteiger partial charge in [-0.15, -0.1) is 0 Å². The molecule has 1 atom stereocenters. The largest absolute Gasteiger partial charge is 0.484 e. The molecule has 7 nitrogen and oxygen atoms in total. The van der Waals surface area contributed by atoms with Crippen molar-refractivity contribution < 1.29 is 32.3 Å². The second-order valence-corrected chi connectivity index (χ2v) is 9.54. The van der Waals surface area contributed by atoms with Crippen LogP contribution in [0.4, 0.5) is 24.5 Å². The van der Waals surface area contributed by atoms with Gasteiger partial charge < -0.3 is 20.3 Å². The van der Waals surface area contributed by atoms with Crippen molar-refractivity contribution in [3.05, 3.63) is 88.4 Å². The molecule has 4 rings (SSSR count). The van der Waals surface area contributed by atoms with Crippen LogP contribution in [0, 0.1) is 12.8 Å². The van der Waals surface area contributed by atoms with E-state index in [2.05, 4.69) is 10.6 Å². The van der Waals surface area contributed by atoms with Gasteiger partial charge in [-0.1, -0.05) is 41.4 Å². The molecule has 11 heteroatoms. The maximum Gasteiger partial charge on any atom is 0.417 e. The van der Waals surface area contributed by atoms with E-state index in [1.807, 2.05) is 31.2 Å².